The summed E-state index contributed by atoms with van der Waals surface area (Å²) in [5, 5.41) is 8.74. The van der Waals surface area contributed by atoms with Gasteiger partial charge in [-0.05, 0) is 47.2 Å². The maximum absolute atomic E-state index is 12.8. The highest BCUT2D eigenvalue weighted by atomic mass is 16.4. The standard InChI is InChI=1S/C15H29N3O3/c1-12(2)17(9-5-7-14(19)20)15(21)18-10-6-8-16(4)11-13(18)3/h12-13H,5-11H2,1-4H3,(H,19,20). The highest BCUT2D eigenvalue weighted by Gasteiger charge is 2.28. The molecular formula is C15H29N3O3. The van der Waals surface area contributed by atoms with Crippen molar-refractivity contribution in [1.82, 2.24) is 14.7 Å². The number of carboxylic acids is 1. The van der Waals surface area contributed by atoms with Crippen LogP contribution in [0, 0.1) is 0 Å². The van der Waals surface area contributed by atoms with Gasteiger partial charge in [-0.2, -0.15) is 0 Å². The first-order valence-corrected chi connectivity index (χ1v) is 7.80. The van der Waals surface area contributed by atoms with Gasteiger partial charge in [-0.3, -0.25) is 4.79 Å². The Bertz CT molecular complexity index is 360. The minimum absolute atomic E-state index is 0.0400. The Hall–Kier alpha value is -1.30. The smallest absolute Gasteiger partial charge is 0.320 e. The van der Waals surface area contributed by atoms with E-state index in [1.807, 2.05) is 18.7 Å². The van der Waals surface area contributed by atoms with Gasteiger partial charge in [0, 0.05) is 38.1 Å². The fourth-order valence-corrected chi connectivity index (χ4v) is 2.80. The summed E-state index contributed by atoms with van der Waals surface area (Å²) in [6, 6.07) is 0.309. The van der Waals surface area contributed by atoms with Gasteiger partial charge < -0.3 is 19.8 Å². The highest BCUT2D eigenvalue weighted by molar-refractivity contribution is 5.75. The second-order valence-electron chi connectivity index (χ2n) is 6.23. The number of urea groups is 1. The number of aliphatic carboxylic acids is 1. The Labute approximate surface area is 127 Å². The molecule has 0 aromatic heterocycles. The first-order chi connectivity index (χ1) is 9.82. The number of hydrogen-bond donors (Lipinski definition) is 1. The van der Waals surface area contributed by atoms with Crippen molar-refractivity contribution in [3.63, 3.8) is 0 Å². The number of hydrogen-bond acceptors (Lipinski definition) is 3. The molecule has 1 unspecified atom stereocenters. The molecule has 0 spiro atoms. The van der Waals surface area contributed by atoms with Crippen molar-refractivity contribution in [2.75, 3.05) is 33.2 Å². The quantitative estimate of drug-likeness (QED) is 0.839. The number of carbonyl (C=O) groups excluding carboxylic acids is 1. The van der Waals surface area contributed by atoms with E-state index in [4.69, 9.17) is 5.11 Å². The van der Waals surface area contributed by atoms with Gasteiger partial charge in [-0.1, -0.05) is 0 Å². The first kappa shape index (κ1) is 17.8. The molecule has 1 heterocycles. The van der Waals surface area contributed by atoms with Crippen molar-refractivity contribution in [1.29, 1.82) is 0 Å². The van der Waals surface area contributed by atoms with Crippen LogP contribution in [-0.4, -0.2) is 77.1 Å². The fraction of sp³-hybridized carbons (Fsp3) is 0.867. The second kappa shape index (κ2) is 8.22. The predicted molar refractivity (Wildman–Crippen MR) is 82.4 cm³/mol. The second-order valence-corrected chi connectivity index (χ2v) is 6.23. The van der Waals surface area contributed by atoms with Crippen molar-refractivity contribution in [3.8, 4) is 0 Å². The molecule has 1 rings (SSSR count). The summed E-state index contributed by atoms with van der Waals surface area (Å²) >= 11 is 0. The summed E-state index contributed by atoms with van der Waals surface area (Å²) < 4.78 is 0. The van der Waals surface area contributed by atoms with E-state index in [0.29, 0.717) is 13.0 Å². The van der Waals surface area contributed by atoms with Crippen molar-refractivity contribution < 1.29 is 14.7 Å². The third-order valence-corrected chi connectivity index (χ3v) is 3.95. The molecule has 0 saturated carbocycles. The molecule has 1 saturated heterocycles. The van der Waals surface area contributed by atoms with Gasteiger partial charge in [-0.25, -0.2) is 4.79 Å². The van der Waals surface area contributed by atoms with Gasteiger partial charge in [0.05, 0.1) is 0 Å². The van der Waals surface area contributed by atoms with Crippen LogP contribution in [0.2, 0.25) is 0 Å². The molecule has 21 heavy (non-hydrogen) atoms. The molecule has 1 aliphatic rings. The van der Waals surface area contributed by atoms with Crippen molar-refractivity contribution >= 4 is 12.0 Å². The summed E-state index contributed by atoms with van der Waals surface area (Å²) in [5.74, 6) is -0.809. The largest absolute Gasteiger partial charge is 0.481 e. The number of nitrogens with zero attached hydrogens (tertiary/aromatic N) is 3. The third kappa shape index (κ3) is 5.53. The molecule has 1 atom stereocenters. The van der Waals surface area contributed by atoms with Crippen LogP contribution in [0.4, 0.5) is 4.79 Å². The van der Waals surface area contributed by atoms with Crippen LogP contribution in [0.3, 0.4) is 0 Å². The lowest BCUT2D eigenvalue weighted by atomic mass is 10.2. The molecular weight excluding hydrogens is 270 g/mol. The molecule has 1 aliphatic heterocycles. The van der Waals surface area contributed by atoms with E-state index in [9.17, 15) is 9.59 Å². The van der Waals surface area contributed by atoms with Gasteiger partial charge in [0.15, 0.2) is 0 Å². The van der Waals surface area contributed by atoms with Crippen molar-refractivity contribution in [3.05, 3.63) is 0 Å². The lowest BCUT2D eigenvalue weighted by Crippen LogP contribution is -2.51. The van der Waals surface area contributed by atoms with Gasteiger partial charge in [-0.15, -0.1) is 0 Å². The third-order valence-electron chi connectivity index (χ3n) is 3.95. The Morgan fingerprint density at radius 1 is 1.33 bits per heavy atom. The molecule has 6 nitrogen and oxygen atoms in total. The summed E-state index contributed by atoms with van der Waals surface area (Å²) in [7, 11) is 2.08. The SMILES string of the molecule is CC(C)N(CCCC(=O)O)C(=O)N1CCCN(C)CC1C. The van der Waals surface area contributed by atoms with E-state index < -0.39 is 5.97 Å². The zero-order valence-electron chi connectivity index (χ0n) is 13.7. The normalized spacial score (nSPS) is 20.4. The topological polar surface area (TPSA) is 64.1 Å². The molecule has 0 bridgehead atoms. The van der Waals surface area contributed by atoms with E-state index in [0.717, 1.165) is 26.1 Å². The van der Waals surface area contributed by atoms with Crippen LogP contribution in [0.15, 0.2) is 0 Å². The molecule has 0 radical (unpaired) electrons. The Morgan fingerprint density at radius 2 is 2.00 bits per heavy atom. The van der Waals surface area contributed by atoms with Crippen LogP contribution >= 0.6 is 0 Å². The highest BCUT2D eigenvalue weighted by Crippen LogP contribution is 2.14. The van der Waals surface area contributed by atoms with Crippen LogP contribution < -0.4 is 0 Å². The summed E-state index contributed by atoms with van der Waals surface area (Å²) in [5.41, 5.74) is 0. The Kier molecular flexibility index (Phi) is 6.95. The summed E-state index contributed by atoms with van der Waals surface area (Å²) in [6.07, 6.45) is 1.59. The molecule has 6 heteroatoms. The zero-order valence-corrected chi connectivity index (χ0v) is 13.7. The maximum atomic E-state index is 12.8. The fourth-order valence-electron chi connectivity index (χ4n) is 2.80. The van der Waals surface area contributed by atoms with E-state index in [1.165, 1.54) is 0 Å². The van der Waals surface area contributed by atoms with E-state index in [-0.39, 0.29) is 24.5 Å². The number of likely N-dealkylation sites (N-methyl/N-ethyl adjacent to an activating group) is 1. The van der Waals surface area contributed by atoms with Gasteiger partial charge in [0.25, 0.3) is 0 Å². The lowest BCUT2D eigenvalue weighted by molar-refractivity contribution is -0.137. The monoisotopic (exact) mass is 299 g/mol. The van der Waals surface area contributed by atoms with Crippen LogP contribution in [0.5, 0.6) is 0 Å². The summed E-state index contributed by atoms with van der Waals surface area (Å²) in [6.45, 7) is 9.20. The van der Waals surface area contributed by atoms with E-state index >= 15 is 0 Å². The average molecular weight is 299 g/mol. The minimum Gasteiger partial charge on any atom is -0.481 e. The van der Waals surface area contributed by atoms with Gasteiger partial charge in [0.2, 0.25) is 0 Å². The number of rotatable bonds is 5. The number of carboxylic acid groups (broad SMARTS) is 1. The van der Waals surface area contributed by atoms with Crippen molar-refractivity contribution in [2.45, 2.75) is 52.1 Å². The van der Waals surface area contributed by atoms with E-state index in [1.54, 1.807) is 4.90 Å². The molecule has 0 aromatic carbocycles. The molecule has 1 N–H and O–H groups in total. The van der Waals surface area contributed by atoms with E-state index in [2.05, 4.69) is 18.9 Å². The van der Waals surface area contributed by atoms with Gasteiger partial charge >= 0.3 is 12.0 Å². The Morgan fingerprint density at radius 3 is 2.57 bits per heavy atom. The molecule has 2 amide bonds. The van der Waals surface area contributed by atoms with Crippen LogP contribution in [0.25, 0.3) is 0 Å². The van der Waals surface area contributed by atoms with Crippen molar-refractivity contribution in [2.24, 2.45) is 0 Å². The first-order valence-electron chi connectivity index (χ1n) is 7.80. The zero-order chi connectivity index (χ0) is 16.0. The van der Waals surface area contributed by atoms with Gasteiger partial charge in [0.1, 0.15) is 0 Å². The molecule has 1 fully saturated rings. The Balaban J connectivity index is 2.68. The predicted octanol–water partition coefficient (Wildman–Crippen LogP) is 1.71. The molecule has 0 aromatic rings. The molecule has 0 aliphatic carbocycles. The maximum Gasteiger partial charge on any atom is 0.320 e. The lowest BCUT2D eigenvalue weighted by Gasteiger charge is -2.36. The summed E-state index contributed by atoms with van der Waals surface area (Å²) in [4.78, 5) is 29.4. The van der Waals surface area contributed by atoms with Crippen LogP contribution in [-0.2, 0) is 4.79 Å². The number of carbonyl (C=O) groups is 2. The average Bonchev–Trinajstić information content (AvgIpc) is 2.54. The molecule has 122 valence electrons. The number of amides is 2. The van der Waals surface area contributed by atoms with Crippen LogP contribution in [0.1, 0.15) is 40.0 Å². The minimum atomic E-state index is -0.809.